The van der Waals surface area contributed by atoms with Gasteiger partial charge < -0.3 is 25.1 Å². The van der Waals surface area contributed by atoms with Gasteiger partial charge in [0.15, 0.2) is 0 Å². The second-order valence-electron chi connectivity index (χ2n) is 9.45. The summed E-state index contributed by atoms with van der Waals surface area (Å²) in [6, 6.07) is 8.80. The van der Waals surface area contributed by atoms with Gasteiger partial charge in [0.25, 0.3) is 0 Å². The molecule has 0 radical (unpaired) electrons. The molecule has 2 N–H and O–H groups in total. The maximum Gasteiger partial charge on any atom is 0.243 e. The van der Waals surface area contributed by atoms with Gasteiger partial charge in [0, 0.05) is 44.7 Å². The van der Waals surface area contributed by atoms with E-state index in [0.717, 1.165) is 9.69 Å². The number of fused-ring (bicyclic) bond motifs is 1. The molecule has 2 fully saturated rings. The second kappa shape index (κ2) is 11.0. The number of morpholine rings is 1. The standard InChI is InChI=1S/C25H31ClN4O6S/c1-17(32)28-8-11-30(37(34,35)21-6-4-18-13-20(26)5-3-19(18)14-21)22-7-10-29(24(22)33)25(2,16-31)23-15-27-9-12-36-23/h3-6,13-14,16,22-23,27H,7-12,15H2,1-2H3,(H,28,32)/t22-,23?,25+/m0/s1. The van der Waals surface area contributed by atoms with Crippen LogP contribution in [0.5, 0.6) is 0 Å². The minimum absolute atomic E-state index is 0.0226. The molecule has 0 spiro atoms. The molecule has 2 heterocycles. The molecule has 12 heteroatoms. The van der Waals surface area contributed by atoms with E-state index in [9.17, 15) is 22.8 Å². The molecule has 0 aliphatic carbocycles. The molecule has 2 aromatic rings. The van der Waals surface area contributed by atoms with Gasteiger partial charge in [-0.3, -0.25) is 9.59 Å². The topological polar surface area (TPSA) is 125 Å². The number of aldehydes is 1. The summed E-state index contributed by atoms with van der Waals surface area (Å²) in [7, 11) is -4.15. The normalized spacial score (nSPS) is 22.3. The van der Waals surface area contributed by atoms with Gasteiger partial charge >= 0.3 is 0 Å². The van der Waals surface area contributed by atoms with Gasteiger partial charge in [-0.1, -0.05) is 23.7 Å². The van der Waals surface area contributed by atoms with Gasteiger partial charge in [-0.15, -0.1) is 0 Å². The Bertz CT molecular complexity index is 1300. The summed E-state index contributed by atoms with van der Waals surface area (Å²) in [6.45, 7) is 4.55. The third-order valence-electron chi connectivity index (χ3n) is 7.01. The van der Waals surface area contributed by atoms with Gasteiger partial charge in [0.1, 0.15) is 17.9 Å². The number of benzene rings is 2. The van der Waals surface area contributed by atoms with Crippen LogP contribution in [-0.2, 0) is 29.1 Å². The molecule has 2 amide bonds. The molecule has 1 unspecified atom stereocenters. The molecule has 3 atom stereocenters. The van der Waals surface area contributed by atoms with Gasteiger partial charge in [-0.05, 0) is 48.4 Å². The van der Waals surface area contributed by atoms with E-state index in [-0.39, 0.29) is 36.9 Å². The van der Waals surface area contributed by atoms with Crippen molar-refractivity contribution < 1.29 is 27.5 Å². The van der Waals surface area contributed by atoms with Crippen LogP contribution in [-0.4, -0.2) is 92.7 Å². The fourth-order valence-corrected chi connectivity index (χ4v) is 6.77. The zero-order valence-electron chi connectivity index (χ0n) is 20.8. The first kappa shape index (κ1) is 27.5. The largest absolute Gasteiger partial charge is 0.373 e. The third-order valence-corrected chi connectivity index (χ3v) is 9.15. The van der Waals surface area contributed by atoms with Gasteiger partial charge in [-0.25, -0.2) is 8.42 Å². The lowest BCUT2D eigenvalue weighted by molar-refractivity contribution is -0.149. The van der Waals surface area contributed by atoms with Crippen LogP contribution >= 0.6 is 11.6 Å². The summed E-state index contributed by atoms with van der Waals surface area (Å²) in [6.07, 6.45) is 0.346. The summed E-state index contributed by atoms with van der Waals surface area (Å²) < 4.78 is 34.7. The Hall–Kier alpha value is -2.57. The molecule has 200 valence electrons. The monoisotopic (exact) mass is 550 g/mol. The molecule has 10 nitrogen and oxygen atoms in total. The molecule has 0 saturated carbocycles. The Labute approximate surface area is 221 Å². The van der Waals surface area contributed by atoms with E-state index < -0.39 is 33.6 Å². The van der Waals surface area contributed by atoms with E-state index in [1.165, 1.54) is 17.9 Å². The number of sulfonamides is 1. The van der Waals surface area contributed by atoms with Crippen LogP contribution in [0.4, 0.5) is 0 Å². The number of carbonyl (C=O) groups excluding carboxylic acids is 3. The highest BCUT2D eigenvalue weighted by Crippen LogP contribution is 2.32. The fraction of sp³-hybridized carbons (Fsp3) is 0.480. The fourth-order valence-electron chi connectivity index (χ4n) is 4.94. The molecule has 2 aliphatic heterocycles. The van der Waals surface area contributed by atoms with Crippen molar-refractivity contribution in [3.8, 4) is 0 Å². The zero-order valence-corrected chi connectivity index (χ0v) is 22.3. The number of likely N-dealkylation sites (tertiary alicyclic amines) is 1. The van der Waals surface area contributed by atoms with E-state index in [1.54, 1.807) is 37.3 Å². The van der Waals surface area contributed by atoms with Crippen LogP contribution in [0, 0.1) is 0 Å². The Kier molecular flexibility index (Phi) is 8.20. The molecule has 0 bridgehead atoms. The number of hydrogen-bond acceptors (Lipinski definition) is 7. The molecule has 2 saturated heterocycles. The lowest BCUT2D eigenvalue weighted by Gasteiger charge is -2.42. The summed E-state index contributed by atoms with van der Waals surface area (Å²) in [5, 5.41) is 7.78. The van der Waals surface area contributed by atoms with Crippen LogP contribution in [0.2, 0.25) is 5.02 Å². The van der Waals surface area contributed by atoms with E-state index in [1.807, 2.05) is 0 Å². The number of nitrogens with one attached hydrogen (secondary N) is 2. The lowest BCUT2D eigenvalue weighted by atomic mass is 9.93. The van der Waals surface area contributed by atoms with Crippen LogP contribution in [0.1, 0.15) is 20.3 Å². The Morgan fingerprint density at radius 3 is 2.70 bits per heavy atom. The molecule has 4 rings (SSSR count). The van der Waals surface area contributed by atoms with E-state index in [0.29, 0.717) is 36.4 Å². The van der Waals surface area contributed by atoms with E-state index in [4.69, 9.17) is 16.3 Å². The predicted molar refractivity (Wildman–Crippen MR) is 139 cm³/mol. The highest BCUT2D eigenvalue weighted by atomic mass is 35.5. The highest BCUT2D eigenvalue weighted by Gasteiger charge is 2.51. The van der Waals surface area contributed by atoms with E-state index in [2.05, 4.69) is 10.6 Å². The third kappa shape index (κ3) is 5.51. The zero-order chi connectivity index (χ0) is 26.8. The maximum absolute atomic E-state index is 13.9. The summed E-state index contributed by atoms with van der Waals surface area (Å²) >= 11 is 6.06. The number of halogens is 1. The van der Waals surface area contributed by atoms with Gasteiger partial charge in [0.05, 0.1) is 17.6 Å². The number of carbonyl (C=O) groups is 3. The van der Waals surface area contributed by atoms with Crippen molar-refractivity contribution in [1.82, 2.24) is 19.8 Å². The number of hydrogen-bond donors (Lipinski definition) is 2. The van der Waals surface area contributed by atoms with E-state index >= 15 is 0 Å². The smallest absolute Gasteiger partial charge is 0.243 e. The quantitative estimate of drug-likeness (QED) is 0.449. The summed E-state index contributed by atoms with van der Waals surface area (Å²) in [4.78, 5) is 38.9. The highest BCUT2D eigenvalue weighted by molar-refractivity contribution is 7.89. The second-order valence-corrected chi connectivity index (χ2v) is 11.8. The number of amides is 2. The molecule has 2 aliphatic rings. The SMILES string of the molecule is CC(=O)NCCN([C@H]1CCN([C@](C)(C=O)C2CNCCO2)C1=O)S(=O)(=O)c1ccc2cc(Cl)ccc2c1. The van der Waals surface area contributed by atoms with Crippen LogP contribution in [0.3, 0.4) is 0 Å². The van der Waals surface area contributed by atoms with Crippen molar-refractivity contribution in [3.05, 3.63) is 41.4 Å². The number of nitrogens with zero attached hydrogens (tertiary/aromatic N) is 2. The predicted octanol–water partition coefficient (Wildman–Crippen LogP) is 1.17. The Balaban J connectivity index is 1.67. The maximum atomic E-state index is 13.9. The first-order valence-electron chi connectivity index (χ1n) is 12.1. The molecule has 37 heavy (non-hydrogen) atoms. The molecular formula is C25H31ClN4O6S. The average Bonchev–Trinajstić information content (AvgIpc) is 3.27. The van der Waals surface area contributed by atoms with Crippen molar-refractivity contribution in [2.24, 2.45) is 0 Å². The van der Waals surface area contributed by atoms with Gasteiger partial charge in [0.2, 0.25) is 21.8 Å². The van der Waals surface area contributed by atoms with Crippen LogP contribution in [0.25, 0.3) is 10.8 Å². The van der Waals surface area contributed by atoms with Gasteiger partial charge in [-0.2, -0.15) is 4.31 Å². The molecular weight excluding hydrogens is 520 g/mol. The lowest BCUT2D eigenvalue weighted by Crippen LogP contribution is -2.63. The van der Waals surface area contributed by atoms with Crippen molar-refractivity contribution in [2.45, 2.75) is 42.8 Å². The molecule has 2 aromatic carbocycles. The minimum Gasteiger partial charge on any atom is -0.373 e. The van der Waals surface area contributed by atoms with Crippen LogP contribution < -0.4 is 10.6 Å². The average molecular weight is 551 g/mol. The first-order valence-corrected chi connectivity index (χ1v) is 14.0. The van der Waals surface area contributed by atoms with Crippen molar-refractivity contribution >= 4 is 50.5 Å². The first-order chi connectivity index (χ1) is 17.6. The van der Waals surface area contributed by atoms with Crippen molar-refractivity contribution in [3.63, 3.8) is 0 Å². The Morgan fingerprint density at radius 1 is 1.30 bits per heavy atom. The van der Waals surface area contributed by atoms with Crippen molar-refractivity contribution in [1.29, 1.82) is 0 Å². The Morgan fingerprint density at radius 2 is 2.03 bits per heavy atom. The summed E-state index contributed by atoms with van der Waals surface area (Å²) in [5.41, 5.74) is -1.26. The minimum atomic E-state index is -4.15. The number of rotatable bonds is 9. The molecule has 0 aromatic heterocycles. The summed E-state index contributed by atoms with van der Waals surface area (Å²) in [5.74, 6) is -0.780. The number of ether oxygens (including phenoxy) is 1. The van der Waals surface area contributed by atoms with Crippen molar-refractivity contribution in [2.75, 3.05) is 39.3 Å². The van der Waals surface area contributed by atoms with Crippen LogP contribution in [0.15, 0.2) is 41.3 Å².